The minimum atomic E-state index is -0.729. The Kier molecular flexibility index (Phi) is 6.75. The van der Waals surface area contributed by atoms with Crippen molar-refractivity contribution in [1.29, 1.82) is 5.26 Å². The lowest BCUT2D eigenvalue weighted by atomic mass is 10.0. The quantitative estimate of drug-likeness (QED) is 0.400. The molecule has 34 heavy (non-hydrogen) atoms. The summed E-state index contributed by atoms with van der Waals surface area (Å²) in [7, 11) is 0. The number of anilines is 2. The number of benzene rings is 3. The van der Waals surface area contributed by atoms with Gasteiger partial charge in [0.1, 0.15) is 28.3 Å². The predicted octanol–water partition coefficient (Wildman–Crippen LogP) is 5.34. The van der Waals surface area contributed by atoms with Gasteiger partial charge in [-0.15, -0.1) is 0 Å². The topological polar surface area (TPSA) is 73.2 Å². The summed E-state index contributed by atoms with van der Waals surface area (Å²) in [6, 6.07) is 20.0. The lowest BCUT2D eigenvalue weighted by molar-refractivity contribution is -0.117. The van der Waals surface area contributed by atoms with E-state index in [2.05, 4.69) is 5.32 Å². The molecule has 1 unspecified atom stereocenters. The minimum absolute atomic E-state index is 0.164. The van der Waals surface area contributed by atoms with Crippen LogP contribution in [0.4, 0.5) is 20.2 Å². The lowest BCUT2D eigenvalue weighted by Crippen LogP contribution is -2.31. The van der Waals surface area contributed by atoms with Crippen molar-refractivity contribution in [2.45, 2.75) is 18.6 Å². The van der Waals surface area contributed by atoms with Crippen LogP contribution in [0.3, 0.4) is 0 Å². The molecule has 1 fully saturated rings. The third-order valence-electron chi connectivity index (χ3n) is 5.36. The number of hydrogen-bond donors (Lipinski definition) is 1. The van der Waals surface area contributed by atoms with Gasteiger partial charge in [0.05, 0.1) is 5.25 Å². The lowest BCUT2D eigenvalue weighted by Gasteiger charge is -2.18. The number of amides is 2. The second kappa shape index (κ2) is 9.89. The highest BCUT2D eigenvalue weighted by atomic mass is 32.2. The molecular weight excluding hydrogens is 456 g/mol. The highest BCUT2D eigenvalue weighted by Crippen LogP contribution is 2.42. The fourth-order valence-electron chi connectivity index (χ4n) is 3.58. The van der Waals surface area contributed by atoms with Crippen LogP contribution in [0.15, 0.2) is 83.4 Å². The van der Waals surface area contributed by atoms with Gasteiger partial charge in [-0.05, 0) is 73.0 Å². The average Bonchev–Trinajstić information content (AvgIpc) is 3.13. The van der Waals surface area contributed by atoms with Gasteiger partial charge < -0.3 is 5.32 Å². The Labute approximate surface area is 199 Å². The molecule has 0 aliphatic carbocycles. The summed E-state index contributed by atoms with van der Waals surface area (Å²) in [5.41, 5.74) is 2.39. The third-order valence-corrected chi connectivity index (χ3v) is 6.62. The van der Waals surface area contributed by atoms with Crippen LogP contribution >= 0.6 is 11.8 Å². The Balaban J connectivity index is 1.73. The summed E-state index contributed by atoms with van der Waals surface area (Å²) < 4.78 is 26.7. The molecule has 0 radical (unpaired) electrons. The zero-order chi connectivity index (χ0) is 24.2. The van der Waals surface area contributed by atoms with Gasteiger partial charge in [-0.2, -0.15) is 5.26 Å². The fraction of sp³-hybridized carbons (Fsp3) is 0.115. The number of thioether (sulfide) groups is 1. The molecule has 3 aromatic rings. The van der Waals surface area contributed by atoms with Crippen LogP contribution in [-0.4, -0.2) is 17.1 Å². The maximum absolute atomic E-state index is 13.5. The van der Waals surface area contributed by atoms with Crippen molar-refractivity contribution in [2.75, 3.05) is 10.2 Å². The Bertz CT molecular complexity index is 1320. The number of rotatable bonds is 5. The largest absolute Gasteiger partial charge is 0.321 e. The van der Waals surface area contributed by atoms with Crippen LogP contribution in [0, 0.1) is 29.9 Å². The average molecular weight is 476 g/mol. The Hall–Kier alpha value is -3.96. The van der Waals surface area contributed by atoms with E-state index in [-0.39, 0.29) is 16.5 Å². The normalized spacial score (nSPS) is 16.8. The van der Waals surface area contributed by atoms with Gasteiger partial charge in [0.2, 0.25) is 5.91 Å². The third kappa shape index (κ3) is 4.85. The van der Waals surface area contributed by atoms with Crippen molar-refractivity contribution in [3.8, 4) is 6.07 Å². The summed E-state index contributed by atoms with van der Waals surface area (Å²) in [5, 5.41) is 12.0. The molecule has 4 rings (SSSR count). The summed E-state index contributed by atoms with van der Waals surface area (Å²) in [6.07, 6.45) is 0.398. The molecule has 0 saturated carbocycles. The van der Waals surface area contributed by atoms with Gasteiger partial charge in [-0.1, -0.05) is 36.0 Å². The van der Waals surface area contributed by atoms with E-state index in [1.54, 1.807) is 0 Å². The van der Waals surface area contributed by atoms with E-state index >= 15 is 0 Å². The molecule has 170 valence electrons. The summed E-state index contributed by atoms with van der Waals surface area (Å²) in [5.74, 6) is -1.97. The molecule has 1 N–H and O–H groups in total. The van der Waals surface area contributed by atoms with Crippen molar-refractivity contribution in [3.05, 3.63) is 106 Å². The molecule has 1 heterocycles. The molecule has 0 spiro atoms. The van der Waals surface area contributed by atoms with Crippen molar-refractivity contribution >= 4 is 35.0 Å². The van der Waals surface area contributed by atoms with Crippen molar-refractivity contribution in [2.24, 2.45) is 0 Å². The van der Waals surface area contributed by atoms with E-state index in [9.17, 15) is 23.6 Å². The standard InChI is InChI=1S/C26H19F2N3O2S/c1-16-4-2-3-5-17(16)14-23-25(33)31(21-12-8-19(28)9-13-21)26(34-23)22(15-29)24(32)30-20-10-6-18(27)7-11-20/h2-13,23H,14H2,1H3,(H,30,32)/b26-22+. The van der Waals surface area contributed by atoms with Gasteiger partial charge in [0, 0.05) is 11.4 Å². The van der Waals surface area contributed by atoms with E-state index in [1.165, 1.54) is 53.4 Å². The van der Waals surface area contributed by atoms with E-state index in [0.717, 1.165) is 22.9 Å². The SMILES string of the molecule is Cc1ccccc1CC1S/C(=C(\C#N)C(=O)Nc2ccc(F)cc2)N(c2ccc(F)cc2)C1=O. The Morgan fingerprint density at radius 2 is 1.65 bits per heavy atom. The molecular formula is C26H19F2N3O2S. The van der Waals surface area contributed by atoms with Crippen LogP contribution in [0.1, 0.15) is 11.1 Å². The first-order valence-corrected chi connectivity index (χ1v) is 11.3. The highest BCUT2D eigenvalue weighted by Gasteiger charge is 2.41. The molecule has 5 nitrogen and oxygen atoms in total. The monoisotopic (exact) mass is 475 g/mol. The number of nitrogens with zero attached hydrogens (tertiary/aromatic N) is 2. The summed E-state index contributed by atoms with van der Waals surface area (Å²) >= 11 is 1.12. The fourth-order valence-corrected chi connectivity index (χ4v) is 4.87. The maximum Gasteiger partial charge on any atom is 0.269 e. The molecule has 8 heteroatoms. The minimum Gasteiger partial charge on any atom is -0.321 e. The van der Waals surface area contributed by atoms with E-state index < -0.39 is 22.8 Å². The van der Waals surface area contributed by atoms with Gasteiger partial charge in [-0.25, -0.2) is 8.78 Å². The van der Waals surface area contributed by atoms with Gasteiger partial charge in [0.25, 0.3) is 5.91 Å². The molecule has 3 aromatic carbocycles. The Morgan fingerprint density at radius 3 is 2.26 bits per heavy atom. The molecule has 0 aromatic heterocycles. The van der Waals surface area contributed by atoms with Crippen LogP contribution < -0.4 is 10.2 Å². The maximum atomic E-state index is 13.5. The van der Waals surface area contributed by atoms with Gasteiger partial charge >= 0.3 is 0 Å². The van der Waals surface area contributed by atoms with Gasteiger partial charge in [-0.3, -0.25) is 14.5 Å². The van der Waals surface area contributed by atoms with Gasteiger partial charge in [0.15, 0.2) is 0 Å². The first kappa shape index (κ1) is 23.2. The van der Waals surface area contributed by atoms with E-state index in [1.807, 2.05) is 37.3 Å². The van der Waals surface area contributed by atoms with Crippen LogP contribution in [-0.2, 0) is 16.0 Å². The van der Waals surface area contributed by atoms with Crippen molar-refractivity contribution < 1.29 is 18.4 Å². The van der Waals surface area contributed by atoms with E-state index in [0.29, 0.717) is 17.8 Å². The molecule has 0 bridgehead atoms. The van der Waals surface area contributed by atoms with Crippen LogP contribution in [0.5, 0.6) is 0 Å². The van der Waals surface area contributed by atoms with Crippen molar-refractivity contribution in [3.63, 3.8) is 0 Å². The summed E-state index contributed by atoms with van der Waals surface area (Å²) in [4.78, 5) is 27.7. The molecule has 1 atom stereocenters. The zero-order valence-corrected chi connectivity index (χ0v) is 18.9. The predicted molar refractivity (Wildman–Crippen MR) is 128 cm³/mol. The molecule has 1 aliphatic rings. The van der Waals surface area contributed by atoms with Crippen LogP contribution in [0.25, 0.3) is 0 Å². The molecule has 1 saturated heterocycles. The number of nitrogens with one attached hydrogen (secondary N) is 1. The Morgan fingerprint density at radius 1 is 1.03 bits per heavy atom. The first-order chi connectivity index (χ1) is 16.4. The number of hydrogen-bond acceptors (Lipinski definition) is 4. The summed E-state index contributed by atoms with van der Waals surface area (Å²) in [6.45, 7) is 1.95. The molecule has 2 amide bonds. The number of carbonyl (C=O) groups excluding carboxylic acids is 2. The second-order valence-electron chi connectivity index (χ2n) is 7.64. The number of aryl methyl sites for hydroxylation is 1. The number of nitriles is 1. The smallest absolute Gasteiger partial charge is 0.269 e. The van der Waals surface area contributed by atoms with E-state index in [4.69, 9.17) is 0 Å². The first-order valence-electron chi connectivity index (χ1n) is 10.4. The zero-order valence-electron chi connectivity index (χ0n) is 18.1. The van der Waals surface area contributed by atoms with Crippen LogP contribution in [0.2, 0.25) is 0 Å². The van der Waals surface area contributed by atoms with Crippen molar-refractivity contribution in [1.82, 2.24) is 0 Å². The second-order valence-corrected chi connectivity index (χ2v) is 8.83. The number of halogens is 2. The highest BCUT2D eigenvalue weighted by molar-refractivity contribution is 8.05. The molecule has 1 aliphatic heterocycles. The number of carbonyl (C=O) groups is 2.